The van der Waals surface area contributed by atoms with Crippen LogP contribution in [0.3, 0.4) is 0 Å². The summed E-state index contributed by atoms with van der Waals surface area (Å²) >= 11 is 0. The van der Waals surface area contributed by atoms with Gasteiger partial charge in [-0.15, -0.1) is 0 Å². The van der Waals surface area contributed by atoms with Crippen LogP contribution in [0.25, 0.3) is 22.3 Å². The van der Waals surface area contributed by atoms with E-state index in [2.05, 4.69) is 20.3 Å². The molecule has 3 N–H and O–H groups in total. The zero-order valence-electron chi connectivity index (χ0n) is 16.5. The second kappa shape index (κ2) is 7.55. The number of halogens is 3. The van der Waals surface area contributed by atoms with Crippen LogP contribution in [0.1, 0.15) is 32.1 Å². The average molecular weight is 430 g/mol. The third-order valence-corrected chi connectivity index (χ3v) is 6.73. The summed E-state index contributed by atoms with van der Waals surface area (Å²) < 4.78 is 43.0. The van der Waals surface area contributed by atoms with Crippen LogP contribution in [-0.4, -0.2) is 32.1 Å². The van der Waals surface area contributed by atoms with Gasteiger partial charge < -0.3 is 15.4 Å². The number of H-pyrrole nitrogens is 1. The fourth-order valence-corrected chi connectivity index (χ4v) is 5.31. The van der Waals surface area contributed by atoms with E-state index in [-0.39, 0.29) is 28.9 Å². The summed E-state index contributed by atoms with van der Waals surface area (Å²) in [6.45, 7) is 0. The lowest BCUT2D eigenvalue weighted by Crippen LogP contribution is -2.46. The molecule has 31 heavy (non-hydrogen) atoms. The molecule has 3 unspecified atom stereocenters. The predicted molar refractivity (Wildman–Crippen MR) is 108 cm³/mol. The number of rotatable bonds is 4. The minimum absolute atomic E-state index is 0.0272. The number of anilines is 1. The highest BCUT2D eigenvalue weighted by Crippen LogP contribution is 2.44. The maximum atomic E-state index is 14.7. The van der Waals surface area contributed by atoms with E-state index >= 15 is 0 Å². The number of carbonyl (C=O) groups is 1. The van der Waals surface area contributed by atoms with Gasteiger partial charge in [0.2, 0.25) is 0 Å². The normalized spacial score (nSPS) is 25.5. The second-order valence-corrected chi connectivity index (χ2v) is 8.46. The van der Waals surface area contributed by atoms with Gasteiger partial charge in [0.15, 0.2) is 17.5 Å². The molecule has 0 aromatic carbocycles. The average Bonchev–Trinajstić information content (AvgIpc) is 2.89. The molecule has 3 aromatic rings. The molecule has 162 valence electrons. The Morgan fingerprint density at radius 2 is 1.87 bits per heavy atom. The molecular weight excluding hydrogens is 409 g/mol. The number of pyridine rings is 2. The van der Waals surface area contributed by atoms with Crippen molar-refractivity contribution in [2.24, 2.45) is 17.8 Å². The van der Waals surface area contributed by atoms with Crippen LogP contribution in [0.2, 0.25) is 0 Å². The van der Waals surface area contributed by atoms with Crippen molar-refractivity contribution < 1.29 is 23.1 Å². The van der Waals surface area contributed by atoms with Crippen LogP contribution >= 0.6 is 0 Å². The van der Waals surface area contributed by atoms with Crippen molar-refractivity contribution >= 4 is 22.8 Å². The number of aromatic amines is 1. The van der Waals surface area contributed by atoms with Gasteiger partial charge in [-0.2, -0.15) is 0 Å². The zero-order chi connectivity index (χ0) is 21.7. The van der Waals surface area contributed by atoms with Crippen molar-refractivity contribution in [3.05, 3.63) is 42.0 Å². The Labute approximate surface area is 175 Å². The Kier molecular flexibility index (Phi) is 4.83. The molecule has 0 amide bonds. The topological polar surface area (TPSA) is 90.9 Å². The lowest BCUT2D eigenvalue weighted by atomic mass is 9.71. The van der Waals surface area contributed by atoms with Crippen molar-refractivity contribution in [3.8, 4) is 11.3 Å². The minimum atomic E-state index is -0.907. The summed E-state index contributed by atoms with van der Waals surface area (Å²) in [6.07, 6.45) is 6.84. The van der Waals surface area contributed by atoms with E-state index in [1.807, 2.05) is 0 Å². The molecule has 4 atom stereocenters. The number of nitrogens with zero attached hydrogens (tertiary/aromatic N) is 2. The number of carboxylic acids is 1. The summed E-state index contributed by atoms with van der Waals surface area (Å²) in [5.74, 6) is -4.02. The van der Waals surface area contributed by atoms with Gasteiger partial charge in [0, 0.05) is 29.3 Å². The van der Waals surface area contributed by atoms with Crippen LogP contribution in [0.15, 0.2) is 24.5 Å². The monoisotopic (exact) mass is 430 g/mol. The number of aliphatic carboxylic acids is 1. The maximum Gasteiger partial charge on any atom is 0.308 e. The molecule has 0 aliphatic heterocycles. The van der Waals surface area contributed by atoms with E-state index in [1.54, 1.807) is 0 Å². The van der Waals surface area contributed by atoms with E-state index in [9.17, 15) is 23.1 Å². The van der Waals surface area contributed by atoms with Gasteiger partial charge in [0.1, 0.15) is 17.2 Å². The quantitative estimate of drug-likeness (QED) is 0.557. The van der Waals surface area contributed by atoms with Gasteiger partial charge in [0.25, 0.3) is 0 Å². The highest BCUT2D eigenvalue weighted by molar-refractivity contribution is 5.92. The van der Waals surface area contributed by atoms with Gasteiger partial charge in [0.05, 0.1) is 12.1 Å². The lowest BCUT2D eigenvalue weighted by Gasteiger charge is -2.39. The van der Waals surface area contributed by atoms with Crippen LogP contribution in [0.5, 0.6) is 0 Å². The number of carboxylic acid groups (broad SMARTS) is 1. The van der Waals surface area contributed by atoms with E-state index in [0.717, 1.165) is 44.4 Å². The highest BCUT2D eigenvalue weighted by atomic mass is 19.1. The molecule has 3 aliphatic carbocycles. The molecule has 3 aromatic heterocycles. The highest BCUT2D eigenvalue weighted by Gasteiger charge is 2.45. The Hall–Kier alpha value is -3.10. The molecule has 0 radical (unpaired) electrons. The Bertz CT molecular complexity index is 1160. The van der Waals surface area contributed by atoms with Crippen molar-refractivity contribution in [1.82, 2.24) is 15.0 Å². The third-order valence-electron chi connectivity index (χ3n) is 6.73. The number of aromatic nitrogens is 3. The summed E-state index contributed by atoms with van der Waals surface area (Å²) in [7, 11) is 0. The van der Waals surface area contributed by atoms with E-state index < -0.39 is 35.4 Å². The molecule has 3 aliphatic rings. The van der Waals surface area contributed by atoms with E-state index in [1.165, 1.54) is 12.3 Å². The standard InChI is InChI=1S/C22H21F3N4O2/c23-12-6-13-14(9-27-20(13)26-8-12)19-15(24)7-16(25)21(29-19)28-18-11-3-1-2-10(4-5-11)17(18)22(30)31/h6-11,17-18H,1-5H2,(H,26,27)(H,28,29)(H,30,31)/t10?,11?,17-,18?/m0/s1. The number of hydrogen-bond acceptors (Lipinski definition) is 4. The lowest BCUT2D eigenvalue weighted by molar-refractivity contribution is -0.145. The van der Waals surface area contributed by atoms with Crippen molar-refractivity contribution in [3.63, 3.8) is 0 Å². The van der Waals surface area contributed by atoms with Crippen LogP contribution in [0.4, 0.5) is 19.0 Å². The van der Waals surface area contributed by atoms with Gasteiger partial charge >= 0.3 is 5.97 Å². The first-order valence-electron chi connectivity index (χ1n) is 10.4. The first-order valence-corrected chi connectivity index (χ1v) is 10.4. The molecule has 2 bridgehead atoms. The van der Waals surface area contributed by atoms with Crippen LogP contribution in [0, 0.1) is 35.2 Å². The molecule has 3 saturated carbocycles. The van der Waals surface area contributed by atoms with Crippen LogP contribution < -0.4 is 5.32 Å². The first-order chi connectivity index (χ1) is 14.9. The largest absolute Gasteiger partial charge is 0.481 e. The summed E-state index contributed by atoms with van der Waals surface area (Å²) in [5.41, 5.74) is 0.441. The minimum Gasteiger partial charge on any atom is -0.481 e. The van der Waals surface area contributed by atoms with E-state index in [0.29, 0.717) is 11.0 Å². The van der Waals surface area contributed by atoms with Crippen LogP contribution in [-0.2, 0) is 4.79 Å². The molecule has 3 heterocycles. The summed E-state index contributed by atoms with van der Waals surface area (Å²) in [4.78, 5) is 22.9. The van der Waals surface area contributed by atoms with Gasteiger partial charge in [-0.3, -0.25) is 4.79 Å². The second-order valence-electron chi connectivity index (χ2n) is 8.46. The number of hydrogen-bond donors (Lipinski definition) is 3. The Morgan fingerprint density at radius 1 is 1.10 bits per heavy atom. The zero-order valence-corrected chi connectivity index (χ0v) is 16.5. The van der Waals surface area contributed by atoms with Crippen molar-refractivity contribution in [2.75, 3.05) is 5.32 Å². The molecule has 0 spiro atoms. The van der Waals surface area contributed by atoms with Gasteiger partial charge in [-0.1, -0.05) is 6.42 Å². The van der Waals surface area contributed by atoms with Crippen molar-refractivity contribution in [2.45, 2.75) is 38.1 Å². The Balaban J connectivity index is 1.56. The maximum absolute atomic E-state index is 14.7. The summed E-state index contributed by atoms with van der Waals surface area (Å²) in [6, 6.07) is 1.44. The number of fused-ring (bicyclic) bond motifs is 5. The molecular formula is C22H21F3N4O2. The fourth-order valence-electron chi connectivity index (χ4n) is 5.31. The van der Waals surface area contributed by atoms with E-state index in [4.69, 9.17) is 0 Å². The predicted octanol–water partition coefficient (Wildman–Crippen LogP) is 4.73. The summed E-state index contributed by atoms with van der Waals surface area (Å²) in [5, 5.41) is 13.2. The smallest absolute Gasteiger partial charge is 0.308 e. The van der Waals surface area contributed by atoms with Crippen molar-refractivity contribution in [1.29, 1.82) is 0 Å². The number of nitrogens with one attached hydrogen (secondary N) is 2. The molecule has 6 nitrogen and oxygen atoms in total. The SMILES string of the molecule is O=C(O)[C@H]1C2CCCC(CC2)C1Nc1nc(-c2c[nH]c3ncc(F)cc23)c(F)cc1F. The molecule has 0 saturated heterocycles. The van der Waals surface area contributed by atoms with Gasteiger partial charge in [-0.25, -0.2) is 23.1 Å². The Morgan fingerprint density at radius 3 is 2.68 bits per heavy atom. The molecule has 3 fully saturated rings. The fraction of sp³-hybridized carbons (Fsp3) is 0.409. The molecule has 9 heteroatoms. The molecule has 6 rings (SSSR count). The first kappa shape index (κ1) is 19.8. The third kappa shape index (κ3) is 3.41. The van der Waals surface area contributed by atoms with Gasteiger partial charge in [-0.05, 0) is 43.6 Å².